The summed E-state index contributed by atoms with van der Waals surface area (Å²) >= 11 is 0. The van der Waals surface area contributed by atoms with Gasteiger partial charge in [-0.15, -0.1) is 0 Å². The van der Waals surface area contributed by atoms with Gasteiger partial charge in [0.25, 0.3) is 0 Å². The van der Waals surface area contributed by atoms with Crippen molar-refractivity contribution >= 4 is 0 Å². The van der Waals surface area contributed by atoms with Crippen LogP contribution >= 0.6 is 0 Å². The van der Waals surface area contributed by atoms with Crippen LogP contribution in [0, 0.1) is 27.7 Å². The predicted octanol–water partition coefficient (Wildman–Crippen LogP) is 10.7. The van der Waals surface area contributed by atoms with Gasteiger partial charge in [-0.05, 0) is 85.3 Å². The fourth-order valence-corrected chi connectivity index (χ4v) is 5.62. The molecule has 0 aliphatic rings. The molecule has 0 aliphatic carbocycles. The first-order valence-electron chi connectivity index (χ1n) is 13.9. The van der Waals surface area contributed by atoms with Gasteiger partial charge in [0.2, 0.25) is 0 Å². The summed E-state index contributed by atoms with van der Waals surface area (Å²) in [5.41, 5.74) is 16.5. The van der Waals surface area contributed by atoms with Gasteiger partial charge >= 0.3 is 0 Å². The third-order valence-electron chi connectivity index (χ3n) is 7.36. The number of pyridine rings is 1. The van der Waals surface area contributed by atoms with Crippen molar-refractivity contribution in [2.75, 3.05) is 0 Å². The molecule has 5 aromatic carbocycles. The molecule has 0 aliphatic heterocycles. The minimum atomic E-state index is 0.972. The highest BCUT2D eigenvalue weighted by atomic mass is 14.7. The molecule has 194 valence electrons. The monoisotopic (exact) mass is 515 g/mol. The van der Waals surface area contributed by atoms with E-state index in [2.05, 4.69) is 155 Å². The summed E-state index contributed by atoms with van der Waals surface area (Å²) < 4.78 is 0. The van der Waals surface area contributed by atoms with E-state index in [4.69, 9.17) is 4.98 Å². The molecular weight excluding hydrogens is 482 g/mol. The first-order chi connectivity index (χ1) is 19.4. The van der Waals surface area contributed by atoms with Crippen LogP contribution in [0.5, 0.6) is 0 Å². The van der Waals surface area contributed by atoms with Gasteiger partial charge < -0.3 is 0 Å². The molecule has 0 atom stereocenters. The van der Waals surface area contributed by atoms with Crippen LogP contribution in [0.3, 0.4) is 0 Å². The molecule has 0 saturated carbocycles. The predicted molar refractivity (Wildman–Crippen MR) is 170 cm³/mol. The Labute approximate surface area is 237 Å². The van der Waals surface area contributed by atoms with Gasteiger partial charge in [-0.2, -0.15) is 0 Å². The van der Waals surface area contributed by atoms with E-state index in [1.54, 1.807) is 0 Å². The van der Waals surface area contributed by atoms with E-state index in [0.29, 0.717) is 0 Å². The third kappa shape index (κ3) is 5.51. The van der Waals surface area contributed by atoms with E-state index in [1.807, 2.05) is 0 Å². The van der Waals surface area contributed by atoms with Gasteiger partial charge in [0.1, 0.15) is 0 Å². The summed E-state index contributed by atoms with van der Waals surface area (Å²) in [7, 11) is 0. The minimum Gasteiger partial charge on any atom is -0.248 e. The molecular formula is C39H33N. The average molecular weight is 516 g/mol. The number of rotatable bonds is 5. The third-order valence-corrected chi connectivity index (χ3v) is 7.36. The van der Waals surface area contributed by atoms with Gasteiger partial charge in [0.05, 0.1) is 11.4 Å². The Morgan fingerprint density at radius 1 is 0.300 bits per heavy atom. The summed E-state index contributed by atoms with van der Waals surface area (Å²) in [6, 6.07) is 46.0. The van der Waals surface area contributed by atoms with Crippen molar-refractivity contribution in [3.8, 4) is 55.9 Å². The molecule has 40 heavy (non-hydrogen) atoms. The largest absolute Gasteiger partial charge is 0.248 e. The van der Waals surface area contributed by atoms with Gasteiger partial charge in [-0.25, -0.2) is 4.98 Å². The average Bonchev–Trinajstić information content (AvgIpc) is 2.96. The molecule has 6 rings (SSSR count). The van der Waals surface area contributed by atoms with Crippen LogP contribution in [0.15, 0.2) is 127 Å². The molecule has 0 amide bonds. The number of benzene rings is 5. The number of hydrogen-bond donors (Lipinski definition) is 0. The maximum absolute atomic E-state index is 5.24. The highest BCUT2D eigenvalue weighted by molar-refractivity contribution is 5.80. The van der Waals surface area contributed by atoms with Crippen LogP contribution in [0.4, 0.5) is 0 Å². The Morgan fingerprint density at radius 3 is 1.12 bits per heavy atom. The van der Waals surface area contributed by atoms with Crippen LogP contribution in [-0.4, -0.2) is 4.98 Å². The van der Waals surface area contributed by atoms with Crippen LogP contribution in [0.1, 0.15) is 22.3 Å². The first kappa shape index (κ1) is 25.5. The lowest BCUT2D eigenvalue weighted by atomic mass is 9.95. The van der Waals surface area contributed by atoms with E-state index >= 15 is 0 Å². The molecule has 1 nitrogen and oxygen atoms in total. The summed E-state index contributed by atoms with van der Waals surface area (Å²) in [5, 5.41) is 0. The second-order valence-electron chi connectivity index (χ2n) is 10.9. The van der Waals surface area contributed by atoms with E-state index in [-0.39, 0.29) is 0 Å². The van der Waals surface area contributed by atoms with Crippen LogP contribution in [-0.2, 0) is 0 Å². The van der Waals surface area contributed by atoms with Gasteiger partial charge in [0.15, 0.2) is 0 Å². The van der Waals surface area contributed by atoms with E-state index in [0.717, 1.165) is 28.1 Å². The highest BCUT2D eigenvalue weighted by Crippen LogP contribution is 2.34. The molecule has 0 spiro atoms. The van der Waals surface area contributed by atoms with Crippen molar-refractivity contribution < 1.29 is 0 Å². The Morgan fingerprint density at radius 2 is 0.675 bits per heavy atom. The Bertz CT molecular complexity index is 1670. The van der Waals surface area contributed by atoms with Crippen LogP contribution in [0.2, 0.25) is 0 Å². The molecule has 0 fully saturated rings. The maximum Gasteiger partial charge on any atom is 0.0715 e. The van der Waals surface area contributed by atoms with E-state index in [1.165, 1.54) is 50.1 Å². The summed E-state index contributed by atoms with van der Waals surface area (Å²) in [6.07, 6.45) is 0. The maximum atomic E-state index is 5.24. The lowest BCUT2D eigenvalue weighted by molar-refractivity contribution is 1.32. The van der Waals surface area contributed by atoms with Crippen molar-refractivity contribution in [3.05, 3.63) is 150 Å². The normalized spacial score (nSPS) is 11.0. The summed E-state index contributed by atoms with van der Waals surface area (Å²) in [4.78, 5) is 5.24. The number of aromatic nitrogens is 1. The summed E-state index contributed by atoms with van der Waals surface area (Å²) in [6.45, 7) is 8.63. The Kier molecular flexibility index (Phi) is 6.88. The van der Waals surface area contributed by atoms with Crippen molar-refractivity contribution in [1.29, 1.82) is 0 Å². The van der Waals surface area contributed by atoms with Crippen molar-refractivity contribution in [3.63, 3.8) is 0 Å². The van der Waals surface area contributed by atoms with Crippen LogP contribution < -0.4 is 0 Å². The van der Waals surface area contributed by atoms with Gasteiger partial charge in [-0.3, -0.25) is 0 Å². The molecule has 6 aromatic rings. The molecule has 0 bridgehead atoms. The smallest absolute Gasteiger partial charge is 0.0715 e. The molecule has 1 heteroatoms. The fraction of sp³-hybridized carbons (Fsp3) is 0.103. The summed E-state index contributed by atoms with van der Waals surface area (Å²) in [5.74, 6) is 0. The molecule has 0 saturated heterocycles. The minimum absolute atomic E-state index is 0.972. The highest BCUT2D eigenvalue weighted by Gasteiger charge is 2.11. The van der Waals surface area contributed by atoms with Crippen molar-refractivity contribution in [1.82, 2.24) is 4.98 Å². The lowest BCUT2D eigenvalue weighted by Gasteiger charge is -2.13. The Balaban J connectivity index is 1.49. The number of nitrogens with zero attached hydrogens (tertiary/aromatic N) is 1. The second-order valence-corrected chi connectivity index (χ2v) is 10.9. The zero-order valence-corrected chi connectivity index (χ0v) is 23.6. The van der Waals surface area contributed by atoms with E-state index < -0.39 is 0 Å². The molecule has 1 heterocycles. The Hall–Kier alpha value is -4.75. The molecule has 0 radical (unpaired) electrons. The SMILES string of the molecule is Cc1cc(C)cc(-c2cccc(-c3cc(-c4ccccc4)cc(-c4cccc(-c5cc(C)cc(C)c5)c4)n3)c2)c1. The number of hydrogen-bond acceptors (Lipinski definition) is 1. The molecule has 0 N–H and O–H groups in total. The zero-order valence-electron chi connectivity index (χ0n) is 23.6. The molecule has 1 aromatic heterocycles. The van der Waals surface area contributed by atoms with Crippen molar-refractivity contribution in [2.45, 2.75) is 27.7 Å². The standard InChI is InChI=1S/C39H33N/c1-26-16-27(2)19-35(18-26)31-12-8-14-33(22-31)38-24-37(30-10-6-5-7-11-30)25-39(40-38)34-15-9-13-32(23-34)36-20-28(3)17-29(4)21-36/h5-25H,1-4H3. The molecule has 0 unspecified atom stereocenters. The topological polar surface area (TPSA) is 12.9 Å². The quantitative estimate of drug-likeness (QED) is 0.222. The lowest BCUT2D eigenvalue weighted by Crippen LogP contribution is -1.92. The van der Waals surface area contributed by atoms with Gasteiger partial charge in [0, 0.05) is 11.1 Å². The van der Waals surface area contributed by atoms with Crippen LogP contribution in [0.25, 0.3) is 55.9 Å². The van der Waals surface area contributed by atoms with E-state index in [9.17, 15) is 0 Å². The second kappa shape index (κ2) is 10.8. The van der Waals surface area contributed by atoms with Crippen molar-refractivity contribution in [2.24, 2.45) is 0 Å². The van der Waals surface area contributed by atoms with Gasteiger partial charge in [-0.1, -0.05) is 125 Å². The first-order valence-corrected chi connectivity index (χ1v) is 13.9. The number of aryl methyl sites for hydroxylation is 4. The fourth-order valence-electron chi connectivity index (χ4n) is 5.62. The zero-order chi connectivity index (χ0) is 27.6.